The van der Waals surface area contributed by atoms with E-state index >= 15 is 0 Å². The Balaban J connectivity index is 1.49. The number of methoxy groups -OCH3 is 1. The number of ether oxygens (including phenoxy) is 1. The lowest BCUT2D eigenvalue weighted by molar-refractivity contribution is 0.0516. The Morgan fingerprint density at radius 2 is 1.50 bits per heavy atom. The predicted molar refractivity (Wildman–Crippen MR) is 105 cm³/mol. The van der Waals surface area contributed by atoms with Crippen LogP contribution >= 0.6 is 0 Å². The van der Waals surface area contributed by atoms with E-state index in [0.29, 0.717) is 49.7 Å². The smallest absolute Gasteiger partial charge is 0.290 e. The van der Waals surface area contributed by atoms with Gasteiger partial charge in [0.15, 0.2) is 5.76 Å². The third-order valence-electron chi connectivity index (χ3n) is 5.06. The van der Waals surface area contributed by atoms with Crippen molar-refractivity contribution in [3.05, 3.63) is 71.5 Å². The highest BCUT2D eigenvalue weighted by molar-refractivity contribution is 5.99. The number of carbonyl (C=O) groups excluding carboxylic acids is 2. The molecule has 28 heavy (non-hydrogen) atoms. The fourth-order valence-electron chi connectivity index (χ4n) is 3.58. The zero-order valence-corrected chi connectivity index (χ0v) is 15.8. The van der Waals surface area contributed by atoms with Crippen molar-refractivity contribution < 1.29 is 18.7 Å². The molecule has 6 heteroatoms. The summed E-state index contributed by atoms with van der Waals surface area (Å²) in [6.45, 7) is 2.25. The second-order valence-corrected chi connectivity index (χ2v) is 6.79. The van der Waals surface area contributed by atoms with E-state index in [1.165, 1.54) is 0 Å². The van der Waals surface area contributed by atoms with E-state index in [2.05, 4.69) is 0 Å². The summed E-state index contributed by atoms with van der Waals surface area (Å²) in [5.41, 5.74) is 2.11. The minimum atomic E-state index is -0.157. The van der Waals surface area contributed by atoms with Crippen LogP contribution in [-0.4, -0.2) is 54.9 Å². The molecule has 0 radical (unpaired) electrons. The molecule has 0 spiro atoms. The summed E-state index contributed by atoms with van der Waals surface area (Å²) in [5.74, 6) is 0.164. The molecular formula is C22H22N2O4. The maximum absolute atomic E-state index is 13.1. The molecule has 2 aromatic carbocycles. The Hall–Kier alpha value is -3.12. The van der Waals surface area contributed by atoms with Crippen molar-refractivity contribution in [2.45, 2.75) is 6.61 Å². The highest BCUT2D eigenvalue weighted by Crippen LogP contribution is 2.28. The summed E-state index contributed by atoms with van der Waals surface area (Å²) in [5, 5.41) is 0.894. The van der Waals surface area contributed by atoms with Gasteiger partial charge < -0.3 is 19.0 Å². The predicted octanol–water partition coefficient (Wildman–Crippen LogP) is 3.18. The molecule has 1 fully saturated rings. The van der Waals surface area contributed by atoms with Crippen LogP contribution in [0.5, 0.6) is 0 Å². The topological polar surface area (TPSA) is 63.0 Å². The van der Waals surface area contributed by atoms with Gasteiger partial charge in [-0.1, -0.05) is 36.4 Å². The van der Waals surface area contributed by atoms with Gasteiger partial charge in [0.2, 0.25) is 0 Å². The van der Waals surface area contributed by atoms with E-state index in [0.717, 1.165) is 10.9 Å². The molecule has 0 bridgehead atoms. The maximum Gasteiger partial charge on any atom is 0.290 e. The number of fused-ring (bicyclic) bond motifs is 1. The number of amides is 2. The van der Waals surface area contributed by atoms with Crippen molar-refractivity contribution in [2.24, 2.45) is 0 Å². The second kappa shape index (κ2) is 7.86. The Labute approximate surface area is 163 Å². The molecule has 1 aliphatic rings. The number of carbonyl (C=O) groups is 2. The lowest BCUT2D eigenvalue weighted by Gasteiger charge is -2.34. The molecular weight excluding hydrogens is 356 g/mol. The first kappa shape index (κ1) is 18.3. The van der Waals surface area contributed by atoms with Gasteiger partial charge in [-0.25, -0.2) is 0 Å². The second-order valence-electron chi connectivity index (χ2n) is 6.79. The zero-order chi connectivity index (χ0) is 19.5. The van der Waals surface area contributed by atoms with Crippen LogP contribution in [0, 0.1) is 0 Å². The molecule has 0 aliphatic carbocycles. The van der Waals surface area contributed by atoms with Crippen LogP contribution in [0.25, 0.3) is 11.0 Å². The Morgan fingerprint density at radius 3 is 2.18 bits per heavy atom. The summed E-state index contributed by atoms with van der Waals surface area (Å²) in [6, 6.07) is 16.8. The lowest BCUT2D eigenvalue weighted by Crippen LogP contribution is -2.50. The summed E-state index contributed by atoms with van der Waals surface area (Å²) in [6.07, 6.45) is 0. The van der Waals surface area contributed by atoms with Crippen molar-refractivity contribution in [1.29, 1.82) is 0 Å². The summed E-state index contributed by atoms with van der Waals surface area (Å²) >= 11 is 0. The molecule has 2 heterocycles. The summed E-state index contributed by atoms with van der Waals surface area (Å²) in [7, 11) is 1.60. The number of hydrogen-bond acceptors (Lipinski definition) is 4. The van der Waals surface area contributed by atoms with Gasteiger partial charge in [-0.15, -0.1) is 0 Å². The van der Waals surface area contributed by atoms with Crippen LogP contribution in [0.3, 0.4) is 0 Å². The number of rotatable bonds is 4. The van der Waals surface area contributed by atoms with E-state index in [4.69, 9.17) is 9.15 Å². The minimum absolute atomic E-state index is 0.00323. The lowest BCUT2D eigenvalue weighted by atomic mass is 10.1. The van der Waals surface area contributed by atoms with E-state index in [1.807, 2.05) is 54.6 Å². The van der Waals surface area contributed by atoms with Gasteiger partial charge in [-0.2, -0.15) is 0 Å². The van der Waals surface area contributed by atoms with Gasteiger partial charge in [0.25, 0.3) is 11.8 Å². The maximum atomic E-state index is 13.1. The van der Waals surface area contributed by atoms with Crippen LogP contribution < -0.4 is 0 Å². The molecule has 144 valence electrons. The zero-order valence-electron chi connectivity index (χ0n) is 15.8. The van der Waals surface area contributed by atoms with Crippen molar-refractivity contribution in [1.82, 2.24) is 9.80 Å². The molecule has 0 atom stereocenters. The van der Waals surface area contributed by atoms with Gasteiger partial charge in [0.05, 0.1) is 6.61 Å². The average Bonchev–Trinajstić information content (AvgIpc) is 3.12. The molecule has 1 aromatic heterocycles. The van der Waals surface area contributed by atoms with E-state index in [-0.39, 0.29) is 11.8 Å². The van der Waals surface area contributed by atoms with Gasteiger partial charge in [-0.3, -0.25) is 9.59 Å². The first-order chi connectivity index (χ1) is 13.7. The molecule has 1 aliphatic heterocycles. The normalized spacial score (nSPS) is 14.5. The van der Waals surface area contributed by atoms with Crippen LogP contribution in [0.1, 0.15) is 26.5 Å². The van der Waals surface area contributed by atoms with Gasteiger partial charge >= 0.3 is 0 Å². The van der Waals surface area contributed by atoms with Crippen molar-refractivity contribution >= 4 is 22.8 Å². The Kier molecular flexibility index (Phi) is 5.12. The largest absolute Gasteiger partial charge is 0.451 e. The van der Waals surface area contributed by atoms with Gasteiger partial charge in [-0.05, 0) is 18.2 Å². The average molecular weight is 378 g/mol. The van der Waals surface area contributed by atoms with Crippen LogP contribution in [0.2, 0.25) is 0 Å². The van der Waals surface area contributed by atoms with E-state index < -0.39 is 0 Å². The molecule has 4 rings (SSSR count). The van der Waals surface area contributed by atoms with Crippen molar-refractivity contribution in [3.63, 3.8) is 0 Å². The summed E-state index contributed by atoms with van der Waals surface area (Å²) in [4.78, 5) is 29.2. The van der Waals surface area contributed by atoms with Crippen molar-refractivity contribution in [2.75, 3.05) is 33.3 Å². The number of furan rings is 1. The number of para-hydroxylation sites is 1. The minimum Gasteiger partial charge on any atom is -0.451 e. The van der Waals surface area contributed by atoms with Crippen LogP contribution in [-0.2, 0) is 11.3 Å². The number of piperazine rings is 1. The highest BCUT2D eigenvalue weighted by atomic mass is 16.5. The standard InChI is InChI=1S/C22H22N2O4/c1-27-15-18-17-9-5-6-10-19(17)28-20(18)22(26)24-13-11-23(12-14-24)21(25)16-7-3-2-4-8-16/h2-10H,11-15H2,1H3. The monoisotopic (exact) mass is 378 g/mol. The van der Waals surface area contributed by atoms with E-state index in [1.54, 1.807) is 16.9 Å². The third-order valence-corrected chi connectivity index (χ3v) is 5.06. The quantitative estimate of drug-likeness (QED) is 0.700. The molecule has 0 N–H and O–H groups in total. The molecule has 6 nitrogen and oxygen atoms in total. The fraction of sp³-hybridized carbons (Fsp3) is 0.273. The van der Waals surface area contributed by atoms with E-state index in [9.17, 15) is 9.59 Å². The third kappa shape index (κ3) is 3.39. The first-order valence-corrected chi connectivity index (χ1v) is 9.32. The molecule has 1 saturated heterocycles. The van der Waals surface area contributed by atoms with Crippen LogP contribution in [0.4, 0.5) is 0 Å². The van der Waals surface area contributed by atoms with Crippen LogP contribution in [0.15, 0.2) is 59.0 Å². The van der Waals surface area contributed by atoms with Gasteiger partial charge in [0, 0.05) is 49.8 Å². The Bertz CT molecular complexity index is 988. The first-order valence-electron chi connectivity index (χ1n) is 9.32. The number of hydrogen-bond donors (Lipinski definition) is 0. The number of nitrogens with zero attached hydrogens (tertiary/aromatic N) is 2. The fourth-order valence-corrected chi connectivity index (χ4v) is 3.58. The number of benzene rings is 2. The molecule has 2 amide bonds. The summed E-state index contributed by atoms with van der Waals surface area (Å²) < 4.78 is 11.1. The highest BCUT2D eigenvalue weighted by Gasteiger charge is 2.29. The molecule has 3 aromatic rings. The van der Waals surface area contributed by atoms with Crippen molar-refractivity contribution in [3.8, 4) is 0 Å². The molecule has 0 unspecified atom stereocenters. The van der Waals surface area contributed by atoms with Gasteiger partial charge in [0.1, 0.15) is 5.58 Å². The Morgan fingerprint density at radius 1 is 0.893 bits per heavy atom. The molecule has 0 saturated carbocycles. The SMILES string of the molecule is COCc1c(C(=O)N2CCN(C(=O)c3ccccc3)CC2)oc2ccccc12.